The molecule has 0 aliphatic heterocycles. The van der Waals surface area contributed by atoms with Gasteiger partial charge in [-0.15, -0.1) is 0 Å². The summed E-state index contributed by atoms with van der Waals surface area (Å²) < 4.78 is 23.5. The molecule has 226 valence electrons. The van der Waals surface area contributed by atoms with Gasteiger partial charge >= 0.3 is 17.7 Å². The van der Waals surface area contributed by atoms with Gasteiger partial charge in [0.2, 0.25) is 0 Å². The van der Waals surface area contributed by atoms with Crippen molar-refractivity contribution in [1.29, 1.82) is 0 Å². The number of imidazole rings is 1. The number of rotatable bonds is 15. The number of benzene rings is 1. The molecule has 42 heavy (non-hydrogen) atoms. The van der Waals surface area contributed by atoms with Gasteiger partial charge in [0.05, 0.1) is 40.4 Å². The highest BCUT2D eigenvalue weighted by molar-refractivity contribution is 5.82. The molecule has 2 aromatic heterocycles. The number of anilines is 1. The Hall–Kier alpha value is -4.16. The zero-order valence-corrected chi connectivity index (χ0v) is 24.7. The van der Waals surface area contributed by atoms with Crippen molar-refractivity contribution in [3.05, 3.63) is 69.4 Å². The van der Waals surface area contributed by atoms with Crippen LogP contribution in [0.1, 0.15) is 43.7 Å². The molecule has 3 N–H and O–H groups in total. The maximum absolute atomic E-state index is 12.7. The number of aromatic amines is 1. The van der Waals surface area contributed by atoms with Gasteiger partial charge in [0.25, 0.3) is 0 Å². The van der Waals surface area contributed by atoms with Crippen LogP contribution in [0.5, 0.6) is 6.01 Å². The third-order valence-electron chi connectivity index (χ3n) is 7.05. The first-order chi connectivity index (χ1) is 20.3. The van der Waals surface area contributed by atoms with Crippen molar-refractivity contribution in [3.63, 3.8) is 0 Å². The molecule has 12 heteroatoms. The van der Waals surface area contributed by atoms with Crippen LogP contribution in [0.15, 0.2) is 52.5 Å². The zero-order valence-electron chi connectivity index (χ0n) is 24.7. The van der Waals surface area contributed by atoms with Gasteiger partial charge in [0, 0.05) is 19.5 Å². The summed E-state index contributed by atoms with van der Waals surface area (Å²) in [5, 5.41) is 0. The van der Waals surface area contributed by atoms with Gasteiger partial charge in [0.1, 0.15) is 17.4 Å². The molecule has 1 unspecified atom stereocenters. The van der Waals surface area contributed by atoms with Crippen LogP contribution in [0, 0.1) is 0 Å². The van der Waals surface area contributed by atoms with Crippen molar-refractivity contribution < 1.29 is 23.7 Å². The number of hydrogen-bond donors (Lipinski definition) is 2. The lowest BCUT2D eigenvalue weighted by Gasteiger charge is -2.25. The van der Waals surface area contributed by atoms with Crippen LogP contribution in [-0.4, -0.2) is 77.5 Å². The molecule has 2 heterocycles. The first-order valence-electron chi connectivity index (χ1n) is 14.1. The smallest absolute Gasteiger partial charge is 0.328 e. The van der Waals surface area contributed by atoms with E-state index in [9.17, 15) is 9.59 Å². The Kier molecular flexibility index (Phi) is 10.7. The van der Waals surface area contributed by atoms with Crippen LogP contribution in [-0.2, 0) is 32.1 Å². The van der Waals surface area contributed by atoms with Crippen molar-refractivity contribution in [3.8, 4) is 6.01 Å². The highest BCUT2D eigenvalue weighted by atomic mass is 16.5. The highest BCUT2D eigenvalue weighted by Gasteiger charge is 2.22. The molecule has 1 aliphatic rings. The monoisotopic (exact) mass is 580 g/mol. The van der Waals surface area contributed by atoms with Gasteiger partial charge in [-0.25, -0.2) is 4.79 Å². The van der Waals surface area contributed by atoms with E-state index in [4.69, 9.17) is 24.7 Å². The molecule has 12 nitrogen and oxygen atoms in total. The van der Waals surface area contributed by atoms with E-state index in [0.29, 0.717) is 43.9 Å². The maximum Gasteiger partial charge on any atom is 0.328 e. The predicted molar refractivity (Wildman–Crippen MR) is 159 cm³/mol. The summed E-state index contributed by atoms with van der Waals surface area (Å²) >= 11 is 0. The molecule has 1 atom stereocenters. The topological polar surface area (TPSA) is 147 Å². The minimum Gasteiger partial charge on any atom is -0.498 e. The number of carbonyl (C=O) groups excluding carboxylic acids is 1. The molecule has 1 aliphatic carbocycles. The van der Waals surface area contributed by atoms with Gasteiger partial charge in [-0.2, -0.15) is 9.97 Å². The molecular weight excluding hydrogens is 540 g/mol. The van der Waals surface area contributed by atoms with Crippen LogP contribution >= 0.6 is 0 Å². The second-order valence-corrected chi connectivity index (χ2v) is 10.3. The summed E-state index contributed by atoms with van der Waals surface area (Å²) in [6, 6.07) is 8.26. The second kappa shape index (κ2) is 14.6. The van der Waals surface area contributed by atoms with E-state index in [1.165, 1.54) is 11.7 Å². The third-order valence-corrected chi connectivity index (χ3v) is 7.05. The number of unbranched alkanes of at least 4 members (excludes halogenated alkanes) is 1. The van der Waals surface area contributed by atoms with Gasteiger partial charge in [-0.05, 0) is 30.7 Å². The van der Waals surface area contributed by atoms with Gasteiger partial charge in [0.15, 0.2) is 11.5 Å². The molecule has 0 saturated carbocycles. The lowest BCUT2D eigenvalue weighted by molar-refractivity contribution is -0.139. The Morgan fingerprint density at radius 1 is 1.14 bits per heavy atom. The van der Waals surface area contributed by atoms with E-state index in [2.05, 4.69) is 26.8 Å². The predicted octanol–water partition coefficient (Wildman–Crippen LogP) is 3.17. The van der Waals surface area contributed by atoms with Crippen LogP contribution < -0.4 is 16.2 Å². The fourth-order valence-corrected chi connectivity index (χ4v) is 4.67. The van der Waals surface area contributed by atoms with Gasteiger partial charge in [-0.3, -0.25) is 14.3 Å². The molecule has 4 rings (SSSR count). The average molecular weight is 581 g/mol. The Balaban J connectivity index is 1.31. The number of aromatic nitrogens is 4. The Morgan fingerprint density at radius 3 is 2.62 bits per heavy atom. The SMILES string of the molecule is CCCCOc1nc(N)c2[nH]c(=O)n(Cc3ccc(CN(C)CCOC4CC(CC(=O)OC)=CC=C4OC)cc3)c2n1. The van der Waals surface area contributed by atoms with E-state index < -0.39 is 0 Å². The first kappa shape index (κ1) is 30.8. The summed E-state index contributed by atoms with van der Waals surface area (Å²) in [5.74, 6) is 0.653. The molecule has 0 bridgehead atoms. The number of nitrogen functional groups attached to an aromatic ring is 1. The molecule has 0 fully saturated rings. The summed E-state index contributed by atoms with van der Waals surface area (Å²) in [7, 11) is 5.04. The standard InChI is InChI=1S/C30H40N6O6/c1-5-6-14-42-29-33-27(31)26-28(34-29)36(30(38)32-26)19-21-9-7-20(8-10-21)18-35(2)13-15-41-24-16-22(17-25(37)40-4)11-12-23(24)39-3/h7-12,24H,5-6,13-19H2,1-4H3,(H,32,38)(H2,31,33,34). The number of carbonyl (C=O) groups is 1. The van der Waals surface area contributed by atoms with E-state index in [1.807, 2.05) is 43.5 Å². The lowest BCUT2D eigenvalue weighted by atomic mass is 9.98. The average Bonchev–Trinajstić information content (AvgIpc) is 3.29. The van der Waals surface area contributed by atoms with Gasteiger partial charge < -0.3 is 29.7 Å². The van der Waals surface area contributed by atoms with Crippen molar-refractivity contribution in [2.24, 2.45) is 0 Å². The number of nitrogens with zero attached hydrogens (tertiary/aromatic N) is 4. The minimum absolute atomic E-state index is 0.166. The molecule has 0 radical (unpaired) electrons. The summed E-state index contributed by atoms with van der Waals surface area (Å²) in [6.45, 7) is 4.82. The molecule has 0 amide bonds. The van der Waals surface area contributed by atoms with E-state index in [-0.39, 0.29) is 36.0 Å². The molecule has 1 aromatic carbocycles. The number of allylic oxidation sites excluding steroid dienone is 2. The largest absolute Gasteiger partial charge is 0.498 e. The third kappa shape index (κ3) is 7.98. The minimum atomic E-state index is -0.308. The Bertz CT molecular complexity index is 1480. The number of ether oxygens (including phenoxy) is 4. The quantitative estimate of drug-likeness (QED) is 0.203. The Labute approximate surface area is 245 Å². The van der Waals surface area contributed by atoms with Crippen LogP contribution in [0.25, 0.3) is 11.2 Å². The van der Waals surface area contributed by atoms with Crippen molar-refractivity contribution in [2.45, 2.75) is 51.8 Å². The number of esters is 1. The maximum atomic E-state index is 12.7. The van der Waals surface area contributed by atoms with E-state index >= 15 is 0 Å². The van der Waals surface area contributed by atoms with E-state index in [0.717, 1.165) is 41.8 Å². The molecule has 0 spiro atoms. The van der Waals surface area contributed by atoms with Crippen molar-refractivity contribution in [1.82, 2.24) is 24.4 Å². The lowest BCUT2D eigenvalue weighted by Crippen LogP contribution is -2.28. The second-order valence-electron chi connectivity index (χ2n) is 10.3. The molecule has 3 aromatic rings. The number of likely N-dealkylation sites (N-methyl/N-ethyl adjacent to an activating group) is 1. The summed E-state index contributed by atoms with van der Waals surface area (Å²) in [6.07, 6.45) is 6.20. The number of nitrogens with one attached hydrogen (secondary N) is 1. The highest BCUT2D eigenvalue weighted by Crippen LogP contribution is 2.25. The number of H-pyrrole nitrogens is 1. The van der Waals surface area contributed by atoms with Crippen LogP contribution in [0.2, 0.25) is 0 Å². The fraction of sp³-hybridized carbons (Fsp3) is 0.467. The first-order valence-corrected chi connectivity index (χ1v) is 14.1. The number of nitrogens with two attached hydrogens (primary N) is 1. The number of fused-ring (bicyclic) bond motifs is 1. The van der Waals surface area contributed by atoms with Gasteiger partial charge in [-0.1, -0.05) is 49.3 Å². The molecular formula is C30H40N6O6. The fourth-order valence-electron chi connectivity index (χ4n) is 4.67. The summed E-state index contributed by atoms with van der Waals surface area (Å²) in [5.41, 5.74) is 9.61. The van der Waals surface area contributed by atoms with E-state index in [1.54, 1.807) is 7.11 Å². The van der Waals surface area contributed by atoms with Crippen molar-refractivity contribution >= 4 is 23.0 Å². The summed E-state index contributed by atoms with van der Waals surface area (Å²) in [4.78, 5) is 37.9. The van der Waals surface area contributed by atoms with Crippen molar-refractivity contribution in [2.75, 3.05) is 46.8 Å². The number of methoxy groups -OCH3 is 2. The zero-order chi connectivity index (χ0) is 30.1. The van der Waals surface area contributed by atoms with Crippen LogP contribution in [0.4, 0.5) is 5.82 Å². The van der Waals surface area contributed by atoms with Crippen LogP contribution in [0.3, 0.4) is 0 Å². The molecule has 0 saturated heterocycles. The normalized spacial score (nSPS) is 15.0. The Morgan fingerprint density at radius 2 is 1.90 bits per heavy atom. The number of hydrogen-bond acceptors (Lipinski definition) is 10.